The molecule has 0 aliphatic heterocycles. The highest BCUT2D eigenvalue weighted by Crippen LogP contribution is 2.37. The van der Waals surface area contributed by atoms with Gasteiger partial charge in [0, 0.05) is 17.2 Å². The summed E-state index contributed by atoms with van der Waals surface area (Å²) < 4.78 is 19.3. The second-order valence-corrected chi connectivity index (χ2v) is 5.48. The van der Waals surface area contributed by atoms with Crippen LogP contribution in [-0.2, 0) is 0 Å². The van der Waals surface area contributed by atoms with Gasteiger partial charge in [0.05, 0.1) is 16.7 Å². The summed E-state index contributed by atoms with van der Waals surface area (Å²) in [5, 5.41) is 11.0. The molecule has 0 amide bonds. The average molecular weight is 329 g/mol. The maximum Gasteiger partial charge on any atom is 0.139 e. The van der Waals surface area contributed by atoms with E-state index in [4.69, 9.17) is 27.9 Å². The summed E-state index contributed by atoms with van der Waals surface area (Å²) >= 11 is 12.2. The van der Waals surface area contributed by atoms with E-state index in [-0.39, 0.29) is 10.6 Å². The second kappa shape index (κ2) is 6.65. The highest BCUT2D eigenvalue weighted by molar-refractivity contribution is 6.34. The van der Waals surface area contributed by atoms with Crippen LogP contribution >= 0.6 is 23.2 Å². The summed E-state index contributed by atoms with van der Waals surface area (Å²) in [6.45, 7) is 4.05. The number of hydrogen-bond donors (Lipinski definition) is 1. The van der Waals surface area contributed by atoms with E-state index in [1.807, 2.05) is 6.92 Å². The molecule has 0 saturated carbocycles. The predicted octanol–water partition coefficient (Wildman–Crippen LogP) is 4.92. The molecule has 0 saturated heterocycles. The Morgan fingerprint density at radius 3 is 2.48 bits per heavy atom. The predicted molar refractivity (Wildman–Crippen MR) is 82.8 cm³/mol. The lowest BCUT2D eigenvalue weighted by Crippen LogP contribution is -2.04. The van der Waals surface area contributed by atoms with Crippen LogP contribution in [0.15, 0.2) is 30.3 Å². The fourth-order valence-corrected chi connectivity index (χ4v) is 2.52. The van der Waals surface area contributed by atoms with Crippen LogP contribution in [0.2, 0.25) is 10.0 Å². The lowest BCUT2D eigenvalue weighted by atomic mass is 9.99. The van der Waals surface area contributed by atoms with E-state index < -0.39 is 11.9 Å². The molecule has 1 N–H and O–H groups in total. The minimum absolute atomic E-state index is 0.155. The molecule has 1 unspecified atom stereocenters. The molecule has 0 aromatic heterocycles. The van der Waals surface area contributed by atoms with Gasteiger partial charge in [-0.15, -0.1) is 0 Å². The van der Waals surface area contributed by atoms with Crippen molar-refractivity contribution < 1.29 is 14.2 Å². The molecular formula is C16H15Cl2FO2. The third kappa shape index (κ3) is 3.49. The summed E-state index contributed by atoms with van der Waals surface area (Å²) in [5.41, 5.74) is 1.27. The lowest BCUT2D eigenvalue weighted by molar-refractivity contribution is 0.215. The molecule has 2 aromatic carbocycles. The zero-order valence-corrected chi connectivity index (χ0v) is 13.2. The van der Waals surface area contributed by atoms with E-state index in [1.54, 1.807) is 13.0 Å². The molecule has 0 heterocycles. The van der Waals surface area contributed by atoms with Crippen LogP contribution in [0.1, 0.15) is 29.7 Å². The van der Waals surface area contributed by atoms with Gasteiger partial charge < -0.3 is 9.84 Å². The monoisotopic (exact) mass is 328 g/mol. The smallest absolute Gasteiger partial charge is 0.139 e. The molecule has 2 rings (SSSR count). The first-order valence-electron chi connectivity index (χ1n) is 6.50. The van der Waals surface area contributed by atoms with Gasteiger partial charge in [-0.05, 0) is 31.5 Å². The fraction of sp³-hybridized carbons (Fsp3) is 0.250. The van der Waals surface area contributed by atoms with E-state index >= 15 is 0 Å². The molecule has 0 radical (unpaired) electrons. The van der Waals surface area contributed by atoms with Gasteiger partial charge in [0.25, 0.3) is 0 Å². The third-order valence-electron chi connectivity index (χ3n) is 3.10. The highest BCUT2D eigenvalue weighted by Gasteiger charge is 2.20. The Balaban J connectivity index is 2.43. The Hall–Kier alpha value is -1.29. The van der Waals surface area contributed by atoms with E-state index in [1.165, 1.54) is 24.3 Å². The molecule has 112 valence electrons. The lowest BCUT2D eigenvalue weighted by Gasteiger charge is -2.16. The first-order chi connectivity index (χ1) is 9.93. The van der Waals surface area contributed by atoms with Gasteiger partial charge in [-0.3, -0.25) is 0 Å². The Morgan fingerprint density at radius 1 is 1.14 bits per heavy atom. The van der Waals surface area contributed by atoms with Crippen molar-refractivity contribution in [2.45, 2.75) is 20.0 Å². The van der Waals surface area contributed by atoms with Gasteiger partial charge in [-0.2, -0.15) is 0 Å². The summed E-state index contributed by atoms with van der Waals surface area (Å²) in [5.74, 6) is -0.0481. The summed E-state index contributed by atoms with van der Waals surface area (Å²) in [6.07, 6.45) is -1.19. The number of aliphatic hydroxyl groups excluding tert-OH is 1. The maximum absolute atomic E-state index is 14.0. The van der Waals surface area contributed by atoms with Gasteiger partial charge in [0.1, 0.15) is 17.7 Å². The van der Waals surface area contributed by atoms with Crippen LogP contribution in [0.3, 0.4) is 0 Å². The molecule has 1 atom stereocenters. The topological polar surface area (TPSA) is 29.5 Å². The maximum atomic E-state index is 14.0. The van der Waals surface area contributed by atoms with Crippen LogP contribution in [0.4, 0.5) is 4.39 Å². The Bertz CT molecular complexity index is 659. The Kier molecular flexibility index (Phi) is 5.09. The molecule has 0 spiro atoms. The van der Waals surface area contributed by atoms with Gasteiger partial charge in [-0.1, -0.05) is 35.3 Å². The van der Waals surface area contributed by atoms with Crippen molar-refractivity contribution in [1.29, 1.82) is 0 Å². The Morgan fingerprint density at radius 2 is 1.86 bits per heavy atom. The van der Waals surface area contributed by atoms with Crippen molar-refractivity contribution in [3.05, 3.63) is 62.9 Å². The van der Waals surface area contributed by atoms with Gasteiger partial charge in [-0.25, -0.2) is 4.39 Å². The minimum Gasteiger partial charge on any atom is -0.492 e. The third-order valence-corrected chi connectivity index (χ3v) is 3.72. The number of benzene rings is 2. The number of aryl methyl sites for hydroxylation is 1. The zero-order valence-electron chi connectivity index (χ0n) is 11.7. The SMILES string of the molecule is CCOc1cc(Cl)c(C(O)c2ccc(C)cc2F)cc1Cl. The zero-order chi connectivity index (χ0) is 15.6. The fourth-order valence-electron chi connectivity index (χ4n) is 2.04. The van der Waals surface area contributed by atoms with Crippen LogP contribution < -0.4 is 4.74 Å². The van der Waals surface area contributed by atoms with E-state index in [0.29, 0.717) is 22.9 Å². The number of aliphatic hydroxyl groups is 1. The number of ether oxygens (including phenoxy) is 1. The minimum atomic E-state index is -1.19. The molecule has 2 aromatic rings. The first-order valence-corrected chi connectivity index (χ1v) is 7.25. The molecule has 21 heavy (non-hydrogen) atoms. The standard InChI is InChI=1S/C16H15Cl2FO2/c1-3-21-15-8-12(17)11(7-13(15)18)16(20)10-5-4-9(2)6-14(10)19/h4-8,16,20H,3H2,1-2H3. The van der Waals surface area contributed by atoms with Gasteiger partial charge >= 0.3 is 0 Å². The average Bonchev–Trinajstić information content (AvgIpc) is 2.42. The molecule has 2 nitrogen and oxygen atoms in total. The van der Waals surface area contributed by atoms with Crippen LogP contribution in [0.25, 0.3) is 0 Å². The molecular weight excluding hydrogens is 314 g/mol. The van der Waals surface area contributed by atoms with Crippen molar-refractivity contribution in [1.82, 2.24) is 0 Å². The van der Waals surface area contributed by atoms with Crippen molar-refractivity contribution in [3.8, 4) is 5.75 Å². The van der Waals surface area contributed by atoms with E-state index in [0.717, 1.165) is 5.56 Å². The summed E-state index contributed by atoms with van der Waals surface area (Å²) in [6, 6.07) is 7.65. The summed E-state index contributed by atoms with van der Waals surface area (Å²) in [7, 11) is 0. The molecule has 0 bridgehead atoms. The molecule has 0 fully saturated rings. The number of halogens is 3. The van der Waals surface area contributed by atoms with Crippen molar-refractivity contribution in [3.63, 3.8) is 0 Å². The largest absolute Gasteiger partial charge is 0.492 e. The molecule has 0 aliphatic carbocycles. The van der Waals surface area contributed by atoms with Crippen molar-refractivity contribution in [2.24, 2.45) is 0 Å². The number of hydrogen-bond acceptors (Lipinski definition) is 2. The van der Waals surface area contributed by atoms with E-state index in [2.05, 4.69) is 0 Å². The molecule has 0 aliphatic rings. The van der Waals surface area contributed by atoms with Crippen LogP contribution in [0.5, 0.6) is 5.75 Å². The number of rotatable bonds is 4. The summed E-state index contributed by atoms with van der Waals surface area (Å²) in [4.78, 5) is 0. The second-order valence-electron chi connectivity index (χ2n) is 4.66. The molecule has 5 heteroatoms. The van der Waals surface area contributed by atoms with Crippen molar-refractivity contribution >= 4 is 23.2 Å². The van der Waals surface area contributed by atoms with E-state index in [9.17, 15) is 9.50 Å². The van der Waals surface area contributed by atoms with Crippen LogP contribution in [0, 0.1) is 12.7 Å². The van der Waals surface area contributed by atoms with Gasteiger partial charge in [0.15, 0.2) is 0 Å². The van der Waals surface area contributed by atoms with Gasteiger partial charge in [0.2, 0.25) is 0 Å². The first kappa shape index (κ1) is 16.1. The quantitative estimate of drug-likeness (QED) is 0.863. The Labute approximate surface area is 133 Å². The normalized spacial score (nSPS) is 12.3. The van der Waals surface area contributed by atoms with Crippen molar-refractivity contribution in [2.75, 3.05) is 6.61 Å². The van der Waals surface area contributed by atoms with Crippen LogP contribution in [-0.4, -0.2) is 11.7 Å². The highest BCUT2D eigenvalue weighted by atomic mass is 35.5.